The van der Waals surface area contributed by atoms with Gasteiger partial charge >= 0.3 is 0 Å². The van der Waals surface area contributed by atoms with Crippen LogP contribution in [0.5, 0.6) is 5.75 Å². The maximum absolute atomic E-state index is 5.22. The van der Waals surface area contributed by atoms with Crippen molar-refractivity contribution in [2.24, 2.45) is 0 Å². The summed E-state index contributed by atoms with van der Waals surface area (Å²) in [7, 11) is 1.71. The van der Waals surface area contributed by atoms with Crippen LogP contribution in [0.4, 0.5) is 0 Å². The summed E-state index contributed by atoms with van der Waals surface area (Å²) in [6, 6.07) is 8.52. The third-order valence-corrected chi connectivity index (χ3v) is 4.00. The molecule has 0 aliphatic rings. The Labute approximate surface area is 94.7 Å². The second-order valence-electron chi connectivity index (χ2n) is 4.76. The highest BCUT2D eigenvalue weighted by Gasteiger charge is 2.16. The predicted molar refractivity (Wildman–Crippen MR) is 67.1 cm³/mol. The maximum atomic E-state index is 5.22. The van der Waals surface area contributed by atoms with Gasteiger partial charge in [0.05, 0.1) is 7.11 Å². The zero-order valence-corrected chi connectivity index (χ0v) is 10.4. The molecule has 0 saturated heterocycles. The second kappa shape index (κ2) is 3.53. The molecule has 2 aromatic rings. The van der Waals surface area contributed by atoms with E-state index in [0.29, 0.717) is 0 Å². The topological polar surface area (TPSA) is 9.23 Å². The van der Waals surface area contributed by atoms with Crippen LogP contribution in [0.2, 0.25) is 0 Å². The molecule has 0 spiro atoms. The number of rotatable bonds is 1. The van der Waals surface area contributed by atoms with Crippen molar-refractivity contribution in [2.45, 2.75) is 26.2 Å². The van der Waals surface area contributed by atoms with E-state index in [-0.39, 0.29) is 5.41 Å². The molecule has 0 radical (unpaired) electrons. The molecule has 1 nitrogen and oxygen atoms in total. The average Bonchev–Trinajstić information content (AvgIpc) is 2.59. The molecule has 1 heterocycles. The van der Waals surface area contributed by atoms with E-state index in [4.69, 9.17) is 4.74 Å². The Kier molecular flexibility index (Phi) is 2.47. The van der Waals surface area contributed by atoms with E-state index in [9.17, 15) is 0 Å². The largest absolute Gasteiger partial charge is 0.497 e. The van der Waals surface area contributed by atoms with E-state index in [1.54, 1.807) is 7.11 Å². The molecule has 15 heavy (non-hydrogen) atoms. The van der Waals surface area contributed by atoms with Crippen LogP contribution in [0.25, 0.3) is 10.1 Å². The summed E-state index contributed by atoms with van der Waals surface area (Å²) >= 11 is 1.87. The molecule has 0 saturated carbocycles. The number of hydrogen-bond acceptors (Lipinski definition) is 2. The number of hydrogen-bond donors (Lipinski definition) is 0. The quantitative estimate of drug-likeness (QED) is 0.699. The summed E-state index contributed by atoms with van der Waals surface area (Å²) in [5.74, 6) is 0.931. The minimum absolute atomic E-state index is 0.233. The first-order valence-electron chi connectivity index (χ1n) is 5.09. The van der Waals surface area contributed by atoms with E-state index in [0.717, 1.165) is 5.75 Å². The van der Waals surface area contributed by atoms with Crippen LogP contribution in [0.1, 0.15) is 25.6 Å². The fourth-order valence-corrected chi connectivity index (χ4v) is 2.62. The van der Waals surface area contributed by atoms with Crippen LogP contribution in [0.15, 0.2) is 24.3 Å². The van der Waals surface area contributed by atoms with Gasteiger partial charge in [0.15, 0.2) is 0 Å². The number of ether oxygens (including phenoxy) is 1. The van der Waals surface area contributed by atoms with Crippen molar-refractivity contribution in [3.63, 3.8) is 0 Å². The average molecular weight is 220 g/mol. The molecular weight excluding hydrogens is 204 g/mol. The lowest BCUT2D eigenvalue weighted by molar-refractivity contribution is 0.415. The molecule has 0 N–H and O–H groups in total. The van der Waals surface area contributed by atoms with Crippen molar-refractivity contribution in [3.8, 4) is 5.75 Å². The molecule has 0 aliphatic heterocycles. The molecule has 0 fully saturated rings. The maximum Gasteiger partial charge on any atom is 0.119 e. The summed E-state index contributed by atoms with van der Waals surface area (Å²) in [5, 5.41) is 1.28. The molecule has 2 rings (SSSR count). The second-order valence-corrected chi connectivity index (χ2v) is 5.85. The van der Waals surface area contributed by atoms with Gasteiger partial charge in [0.2, 0.25) is 0 Å². The fraction of sp³-hybridized carbons (Fsp3) is 0.385. The van der Waals surface area contributed by atoms with Crippen molar-refractivity contribution in [3.05, 3.63) is 29.1 Å². The van der Waals surface area contributed by atoms with Gasteiger partial charge in [-0.2, -0.15) is 0 Å². The van der Waals surface area contributed by atoms with Crippen molar-refractivity contribution in [1.82, 2.24) is 0 Å². The van der Waals surface area contributed by atoms with Crippen LogP contribution in [0, 0.1) is 0 Å². The Balaban J connectivity index is 2.56. The first-order chi connectivity index (χ1) is 7.00. The molecule has 2 heteroatoms. The Hall–Kier alpha value is -1.02. The molecular formula is C13H16OS. The van der Waals surface area contributed by atoms with Crippen LogP contribution < -0.4 is 4.74 Å². The Bertz CT molecular complexity index is 477. The molecule has 1 aromatic heterocycles. The number of fused-ring (bicyclic) bond motifs is 1. The summed E-state index contributed by atoms with van der Waals surface area (Å²) in [4.78, 5) is 1.42. The lowest BCUT2D eigenvalue weighted by Gasteiger charge is -2.14. The van der Waals surface area contributed by atoms with Gasteiger partial charge in [0.25, 0.3) is 0 Å². The normalized spacial score (nSPS) is 12.0. The van der Waals surface area contributed by atoms with Gasteiger partial charge < -0.3 is 4.74 Å². The number of thiophene rings is 1. The van der Waals surface area contributed by atoms with Crippen molar-refractivity contribution in [2.75, 3.05) is 7.11 Å². The lowest BCUT2D eigenvalue weighted by Crippen LogP contribution is -2.07. The first kappa shape index (κ1) is 10.5. The zero-order chi connectivity index (χ0) is 11.1. The Morgan fingerprint density at radius 1 is 1.13 bits per heavy atom. The van der Waals surface area contributed by atoms with E-state index >= 15 is 0 Å². The highest BCUT2D eigenvalue weighted by Crippen LogP contribution is 2.35. The van der Waals surface area contributed by atoms with Gasteiger partial charge in [0.1, 0.15) is 5.75 Å². The van der Waals surface area contributed by atoms with E-state index in [1.165, 1.54) is 15.0 Å². The van der Waals surface area contributed by atoms with Crippen LogP contribution >= 0.6 is 11.3 Å². The van der Waals surface area contributed by atoms with Gasteiger partial charge in [-0.1, -0.05) is 20.8 Å². The summed E-state index contributed by atoms with van der Waals surface area (Å²) in [6.45, 7) is 6.73. The minimum atomic E-state index is 0.233. The molecule has 0 atom stereocenters. The van der Waals surface area contributed by atoms with Crippen LogP contribution in [0.3, 0.4) is 0 Å². The monoisotopic (exact) mass is 220 g/mol. The highest BCUT2D eigenvalue weighted by atomic mass is 32.1. The van der Waals surface area contributed by atoms with E-state index in [1.807, 2.05) is 17.4 Å². The SMILES string of the molecule is COc1ccc2sc(C(C)(C)C)cc2c1. The van der Waals surface area contributed by atoms with E-state index < -0.39 is 0 Å². The minimum Gasteiger partial charge on any atom is -0.497 e. The standard InChI is InChI=1S/C13H16OS/c1-13(2,3)12-8-9-7-10(14-4)5-6-11(9)15-12/h5-8H,1-4H3. The summed E-state index contributed by atoms with van der Waals surface area (Å²) in [6.07, 6.45) is 0. The molecule has 0 aliphatic carbocycles. The van der Waals surface area contributed by atoms with Crippen molar-refractivity contribution in [1.29, 1.82) is 0 Å². The van der Waals surface area contributed by atoms with Gasteiger partial charge in [-0.05, 0) is 35.1 Å². The predicted octanol–water partition coefficient (Wildman–Crippen LogP) is 4.21. The Morgan fingerprint density at radius 3 is 2.47 bits per heavy atom. The lowest BCUT2D eigenvalue weighted by atomic mass is 9.94. The Morgan fingerprint density at radius 2 is 1.87 bits per heavy atom. The number of benzene rings is 1. The van der Waals surface area contributed by atoms with Gasteiger partial charge in [-0.3, -0.25) is 0 Å². The van der Waals surface area contributed by atoms with Gasteiger partial charge in [-0.25, -0.2) is 0 Å². The fourth-order valence-electron chi connectivity index (χ4n) is 1.52. The first-order valence-corrected chi connectivity index (χ1v) is 5.90. The van der Waals surface area contributed by atoms with Crippen LogP contribution in [-0.4, -0.2) is 7.11 Å². The van der Waals surface area contributed by atoms with Crippen molar-refractivity contribution >= 4 is 21.4 Å². The van der Waals surface area contributed by atoms with Gasteiger partial charge in [-0.15, -0.1) is 11.3 Å². The number of methoxy groups -OCH3 is 1. The highest BCUT2D eigenvalue weighted by molar-refractivity contribution is 7.19. The summed E-state index contributed by atoms with van der Waals surface area (Å²) in [5.41, 5.74) is 0.233. The molecule has 0 amide bonds. The molecule has 0 unspecified atom stereocenters. The molecule has 80 valence electrons. The third-order valence-electron chi connectivity index (χ3n) is 2.46. The molecule has 0 bridgehead atoms. The zero-order valence-electron chi connectivity index (χ0n) is 9.63. The smallest absolute Gasteiger partial charge is 0.119 e. The molecule has 1 aromatic carbocycles. The van der Waals surface area contributed by atoms with Gasteiger partial charge in [0, 0.05) is 9.58 Å². The van der Waals surface area contributed by atoms with E-state index in [2.05, 4.69) is 39.0 Å². The third kappa shape index (κ3) is 2.00. The van der Waals surface area contributed by atoms with Crippen molar-refractivity contribution < 1.29 is 4.74 Å². The summed E-state index contributed by atoms with van der Waals surface area (Å²) < 4.78 is 6.56. The van der Waals surface area contributed by atoms with Crippen LogP contribution in [-0.2, 0) is 5.41 Å².